The molecule has 52 heavy (non-hydrogen) atoms. The van der Waals surface area contributed by atoms with Crippen LogP contribution in [0, 0.1) is 17.0 Å². The van der Waals surface area contributed by atoms with E-state index in [4.69, 9.17) is 4.74 Å². The maximum atomic E-state index is 13.8. The summed E-state index contributed by atoms with van der Waals surface area (Å²) < 4.78 is 33.6. The topological polar surface area (TPSA) is 175 Å². The van der Waals surface area contributed by atoms with Crippen molar-refractivity contribution >= 4 is 45.0 Å². The minimum Gasteiger partial charge on any atom is -0.444 e. The summed E-state index contributed by atoms with van der Waals surface area (Å²) in [5.41, 5.74) is 2.60. The van der Waals surface area contributed by atoms with Crippen molar-refractivity contribution in [2.75, 3.05) is 43.4 Å². The second-order valence-electron chi connectivity index (χ2n) is 13.8. The maximum Gasteiger partial charge on any atom is 0.412 e. The molecule has 0 atom stereocenters. The van der Waals surface area contributed by atoms with Crippen molar-refractivity contribution in [1.82, 2.24) is 19.6 Å². The molecule has 1 heterocycles. The number of aryl methyl sites for hydroxylation is 1. The van der Waals surface area contributed by atoms with E-state index in [1.165, 1.54) is 23.2 Å². The number of ether oxygens (including phenoxy) is 1. The van der Waals surface area contributed by atoms with Crippen LogP contribution < -0.4 is 15.5 Å². The molecule has 0 fully saturated rings. The summed E-state index contributed by atoms with van der Waals surface area (Å²) in [7, 11) is -2.62. The molecule has 280 valence electrons. The first-order chi connectivity index (χ1) is 24.4. The third-order valence-corrected chi connectivity index (χ3v) is 10.5. The normalized spacial score (nSPS) is 13.1. The molecule has 0 saturated heterocycles. The number of nitro groups is 1. The first kappa shape index (κ1) is 39.7. The van der Waals surface area contributed by atoms with Crippen molar-refractivity contribution in [2.45, 2.75) is 71.2 Å². The number of benzene rings is 3. The number of nitrogens with zero attached hydrogens (tertiary/aromatic N) is 5. The number of hydrazine groups is 1. The summed E-state index contributed by atoms with van der Waals surface area (Å²) in [4.78, 5) is 51.8. The molecule has 16 heteroatoms. The summed E-state index contributed by atoms with van der Waals surface area (Å²) in [5, 5.41) is 20.5. The minimum atomic E-state index is -4.29. The van der Waals surface area contributed by atoms with Crippen molar-refractivity contribution in [2.24, 2.45) is 0 Å². The van der Waals surface area contributed by atoms with E-state index in [0.717, 1.165) is 27.1 Å². The highest BCUT2D eigenvalue weighted by atomic mass is 32.2. The van der Waals surface area contributed by atoms with Crippen LogP contribution in [-0.2, 0) is 37.4 Å². The molecule has 0 aromatic heterocycles. The Morgan fingerprint density at radius 2 is 1.60 bits per heavy atom. The molecule has 2 N–H and O–H groups in total. The smallest absolute Gasteiger partial charge is 0.412 e. The average Bonchev–Trinajstić information content (AvgIpc) is 3.50. The van der Waals surface area contributed by atoms with Gasteiger partial charge in [-0.1, -0.05) is 42.5 Å². The van der Waals surface area contributed by atoms with E-state index in [9.17, 15) is 32.9 Å². The van der Waals surface area contributed by atoms with E-state index in [1.807, 2.05) is 36.2 Å². The molecule has 0 unspecified atom stereocenters. The highest BCUT2D eigenvalue weighted by Gasteiger charge is 2.33. The van der Waals surface area contributed by atoms with Crippen molar-refractivity contribution in [3.8, 4) is 0 Å². The van der Waals surface area contributed by atoms with Gasteiger partial charge in [0.25, 0.3) is 11.6 Å². The molecular formula is C36H47N7O8S. The van der Waals surface area contributed by atoms with Crippen LogP contribution in [0.25, 0.3) is 0 Å². The fourth-order valence-electron chi connectivity index (χ4n) is 5.77. The lowest BCUT2D eigenvalue weighted by atomic mass is 10.1. The molecular weight excluding hydrogens is 691 g/mol. The third-order valence-electron chi connectivity index (χ3n) is 8.34. The number of nitrogens with one attached hydrogen (secondary N) is 2. The molecule has 0 bridgehead atoms. The van der Waals surface area contributed by atoms with E-state index in [0.29, 0.717) is 24.5 Å². The zero-order valence-electron chi connectivity index (χ0n) is 30.6. The number of hydrogen-bond acceptors (Lipinski definition) is 10. The largest absolute Gasteiger partial charge is 0.444 e. The molecule has 3 amide bonds. The number of rotatable bonds is 14. The number of nitro benzene ring substituents is 1. The maximum absolute atomic E-state index is 13.8. The summed E-state index contributed by atoms with van der Waals surface area (Å²) in [6, 6.07) is 17.6. The Bertz CT molecular complexity index is 1890. The quantitative estimate of drug-likeness (QED) is 0.175. The molecule has 1 aliphatic rings. The van der Waals surface area contributed by atoms with Crippen molar-refractivity contribution in [3.63, 3.8) is 0 Å². The van der Waals surface area contributed by atoms with Crippen LogP contribution in [0.5, 0.6) is 0 Å². The molecule has 0 radical (unpaired) electrons. The summed E-state index contributed by atoms with van der Waals surface area (Å²) in [6.45, 7) is 10.7. The molecule has 1 aliphatic heterocycles. The fraction of sp³-hybridized carbons (Fsp3) is 0.417. The zero-order chi connectivity index (χ0) is 38.4. The van der Waals surface area contributed by atoms with E-state index >= 15 is 0 Å². The zero-order valence-corrected chi connectivity index (χ0v) is 31.4. The van der Waals surface area contributed by atoms with Gasteiger partial charge >= 0.3 is 6.09 Å². The van der Waals surface area contributed by atoms with Gasteiger partial charge in [-0.25, -0.2) is 18.2 Å². The Kier molecular flexibility index (Phi) is 12.6. The standard InChI is InChI=1S/C36H47N7O8S/c1-25(2)42(52(49,50)32-15-11-10-14-30(32)43(47)48)19-18-37-33(44)23-40(24-34(45)39(7)41-21-27-12-8-9-13-28(27)22-41)31-20-29(17-16-26(31)3)38-35(46)51-36(4,5)6/h8-17,20,25H,18-19,21-24H2,1-7H3,(H,37,44)(H,38,46). The van der Waals surface area contributed by atoms with Crippen LogP contribution in [0.4, 0.5) is 21.9 Å². The Morgan fingerprint density at radius 1 is 0.981 bits per heavy atom. The number of carbonyl (C=O) groups is 3. The van der Waals surface area contributed by atoms with E-state index in [-0.39, 0.29) is 32.1 Å². The number of anilines is 2. The molecule has 0 aliphatic carbocycles. The second-order valence-corrected chi connectivity index (χ2v) is 15.6. The number of para-hydroxylation sites is 1. The van der Waals surface area contributed by atoms with Crippen LogP contribution >= 0.6 is 0 Å². The Balaban J connectivity index is 1.53. The van der Waals surface area contributed by atoms with Crippen molar-refractivity contribution in [3.05, 3.63) is 93.5 Å². The first-order valence-corrected chi connectivity index (χ1v) is 18.3. The number of amides is 3. The summed E-state index contributed by atoms with van der Waals surface area (Å²) in [6.07, 6.45) is -0.665. The molecule has 15 nitrogen and oxygen atoms in total. The minimum absolute atomic E-state index is 0.107. The Hall–Kier alpha value is -5.06. The molecule has 3 aromatic rings. The van der Waals surface area contributed by atoms with Gasteiger partial charge in [-0.2, -0.15) is 4.31 Å². The van der Waals surface area contributed by atoms with Crippen LogP contribution in [-0.4, -0.2) is 90.4 Å². The number of hydrogen-bond donors (Lipinski definition) is 2. The predicted molar refractivity (Wildman–Crippen MR) is 197 cm³/mol. The van der Waals surface area contributed by atoms with E-state index in [2.05, 4.69) is 10.6 Å². The van der Waals surface area contributed by atoms with E-state index in [1.54, 1.807) is 64.8 Å². The van der Waals surface area contributed by atoms with Gasteiger partial charge in [-0.15, -0.1) is 0 Å². The van der Waals surface area contributed by atoms with Crippen LogP contribution in [0.2, 0.25) is 0 Å². The molecule has 0 spiro atoms. The molecule has 4 rings (SSSR count). The highest BCUT2D eigenvalue weighted by Crippen LogP contribution is 2.29. The highest BCUT2D eigenvalue weighted by molar-refractivity contribution is 7.89. The number of carbonyl (C=O) groups excluding carboxylic acids is 3. The van der Waals surface area contributed by atoms with Gasteiger partial charge in [-0.05, 0) is 76.4 Å². The Morgan fingerprint density at radius 3 is 2.19 bits per heavy atom. The van der Waals surface area contributed by atoms with Gasteiger partial charge in [0, 0.05) is 56.7 Å². The monoisotopic (exact) mass is 737 g/mol. The van der Waals surface area contributed by atoms with Crippen LogP contribution in [0.15, 0.2) is 71.6 Å². The first-order valence-electron chi connectivity index (χ1n) is 16.8. The predicted octanol–water partition coefficient (Wildman–Crippen LogP) is 4.66. The van der Waals surface area contributed by atoms with Gasteiger partial charge in [0.05, 0.1) is 18.0 Å². The Labute approximate surface area is 304 Å². The lowest BCUT2D eigenvalue weighted by molar-refractivity contribution is -0.387. The molecule has 0 saturated carbocycles. The summed E-state index contributed by atoms with van der Waals surface area (Å²) >= 11 is 0. The third kappa shape index (κ3) is 10.0. The van der Waals surface area contributed by atoms with Gasteiger partial charge in [0.1, 0.15) is 5.60 Å². The van der Waals surface area contributed by atoms with Gasteiger partial charge in [-0.3, -0.25) is 30.0 Å². The number of sulfonamides is 1. The number of fused-ring (bicyclic) bond motifs is 1. The lowest BCUT2D eigenvalue weighted by Gasteiger charge is -2.32. The fourth-order valence-corrected chi connectivity index (χ4v) is 7.57. The van der Waals surface area contributed by atoms with Crippen molar-refractivity contribution < 1.29 is 32.5 Å². The van der Waals surface area contributed by atoms with Crippen LogP contribution in [0.1, 0.15) is 51.3 Å². The van der Waals surface area contributed by atoms with Gasteiger partial charge in [0.15, 0.2) is 4.90 Å². The van der Waals surface area contributed by atoms with Crippen LogP contribution in [0.3, 0.4) is 0 Å². The average molecular weight is 738 g/mol. The van der Waals surface area contributed by atoms with Gasteiger partial charge in [0.2, 0.25) is 15.9 Å². The van der Waals surface area contributed by atoms with Gasteiger partial charge < -0.3 is 15.0 Å². The second kappa shape index (κ2) is 16.5. The van der Waals surface area contributed by atoms with E-state index < -0.39 is 49.2 Å². The molecule has 3 aromatic carbocycles. The van der Waals surface area contributed by atoms with Crippen molar-refractivity contribution in [1.29, 1.82) is 0 Å². The number of likely N-dealkylation sites (N-methyl/N-ethyl adjacent to an activating group) is 1. The lowest BCUT2D eigenvalue weighted by Crippen LogP contribution is -2.49. The summed E-state index contributed by atoms with van der Waals surface area (Å²) in [5.74, 6) is -0.784. The SMILES string of the molecule is Cc1ccc(NC(=O)OC(C)(C)C)cc1N(CC(=O)NCCN(C(C)C)S(=O)(=O)c1ccccc1[N+](=O)[O-])CC(=O)N(C)N1Cc2ccccc2C1.